The first-order valence-corrected chi connectivity index (χ1v) is 7.25. The number of hydrogen-bond acceptors (Lipinski definition) is 4. The molecule has 22 heavy (non-hydrogen) atoms. The highest BCUT2D eigenvalue weighted by atomic mass is 127. The standard InChI is InChI=1S/C16H9IN2O3/c17-14-6-4-11(5-7-14)8-13(10-18)16(20)12-2-1-3-15(9-12)19(21)22/h1-9H/b13-8+. The van der Waals surface area contributed by atoms with Crippen LogP contribution in [-0.4, -0.2) is 10.7 Å². The Balaban J connectivity index is 2.37. The monoisotopic (exact) mass is 404 g/mol. The van der Waals surface area contributed by atoms with Gasteiger partial charge in [-0.1, -0.05) is 24.3 Å². The minimum atomic E-state index is -0.578. The summed E-state index contributed by atoms with van der Waals surface area (Å²) in [4.78, 5) is 22.5. The Morgan fingerprint density at radius 1 is 1.23 bits per heavy atom. The summed E-state index contributed by atoms with van der Waals surface area (Å²) in [7, 11) is 0. The SMILES string of the molecule is N#C/C(=C\c1ccc(I)cc1)C(=O)c1cccc([N+](=O)[O-])c1. The quantitative estimate of drug-likeness (QED) is 0.193. The van der Waals surface area contributed by atoms with Crippen LogP contribution in [-0.2, 0) is 0 Å². The van der Waals surface area contributed by atoms with E-state index < -0.39 is 10.7 Å². The van der Waals surface area contributed by atoms with Gasteiger partial charge in [0.05, 0.1) is 4.92 Å². The first kappa shape index (κ1) is 15.9. The number of nitro groups is 1. The van der Waals surface area contributed by atoms with Gasteiger partial charge in [-0.05, 0) is 46.4 Å². The molecule has 0 saturated heterocycles. The van der Waals surface area contributed by atoms with Gasteiger partial charge in [-0.3, -0.25) is 14.9 Å². The van der Waals surface area contributed by atoms with Crippen LogP contribution in [0, 0.1) is 25.0 Å². The number of carbonyl (C=O) groups is 1. The molecule has 108 valence electrons. The normalized spacial score (nSPS) is 10.8. The van der Waals surface area contributed by atoms with Crippen molar-refractivity contribution < 1.29 is 9.72 Å². The number of Topliss-reactive ketones (excluding diaryl/α,β-unsaturated/α-hetero) is 1. The summed E-state index contributed by atoms with van der Waals surface area (Å²) in [6, 6.07) is 14.5. The third kappa shape index (κ3) is 3.77. The minimum absolute atomic E-state index is 0.0679. The first-order chi connectivity index (χ1) is 10.5. The molecule has 0 radical (unpaired) electrons. The van der Waals surface area contributed by atoms with Gasteiger partial charge in [0.15, 0.2) is 0 Å². The highest BCUT2D eigenvalue weighted by molar-refractivity contribution is 14.1. The van der Waals surface area contributed by atoms with Gasteiger partial charge in [0.1, 0.15) is 11.6 Å². The fourth-order valence-corrected chi connectivity index (χ4v) is 2.15. The molecule has 0 aliphatic carbocycles. The molecule has 0 fully saturated rings. The molecule has 0 heterocycles. The Bertz CT molecular complexity index is 805. The minimum Gasteiger partial charge on any atom is -0.288 e. The lowest BCUT2D eigenvalue weighted by Crippen LogP contribution is -2.02. The molecule has 0 bridgehead atoms. The van der Waals surface area contributed by atoms with Crippen molar-refractivity contribution in [2.45, 2.75) is 0 Å². The van der Waals surface area contributed by atoms with Crippen molar-refractivity contribution in [3.8, 4) is 6.07 Å². The Morgan fingerprint density at radius 2 is 1.91 bits per heavy atom. The number of nitrogens with zero attached hydrogens (tertiary/aromatic N) is 2. The van der Waals surface area contributed by atoms with Crippen LogP contribution < -0.4 is 0 Å². The molecule has 0 amide bonds. The molecule has 2 rings (SSSR count). The maximum Gasteiger partial charge on any atom is 0.270 e. The van der Waals surface area contributed by atoms with Crippen molar-refractivity contribution in [2.75, 3.05) is 0 Å². The average Bonchev–Trinajstić information content (AvgIpc) is 2.53. The fourth-order valence-electron chi connectivity index (χ4n) is 1.79. The van der Waals surface area contributed by atoms with E-state index in [4.69, 9.17) is 0 Å². The fraction of sp³-hybridized carbons (Fsp3) is 0. The molecule has 0 spiro atoms. The second-order valence-electron chi connectivity index (χ2n) is 4.36. The maximum absolute atomic E-state index is 12.3. The van der Waals surface area contributed by atoms with Crippen LogP contribution in [0.5, 0.6) is 0 Å². The Morgan fingerprint density at radius 3 is 2.50 bits per heavy atom. The lowest BCUT2D eigenvalue weighted by atomic mass is 10.0. The molecule has 6 heteroatoms. The van der Waals surface area contributed by atoms with E-state index in [2.05, 4.69) is 22.6 Å². The number of benzene rings is 2. The summed E-state index contributed by atoms with van der Waals surface area (Å²) < 4.78 is 1.04. The predicted molar refractivity (Wildman–Crippen MR) is 90.2 cm³/mol. The third-order valence-corrected chi connectivity index (χ3v) is 3.58. The van der Waals surface area contributed by atoms with Crippen LogP contribution in [0.4, 0.5) is 5.69 Å². The van der Waals surface area contributed by atoms with E-state index >= 15 is 0 Å². The topological polar surface area (TPSA) is 84.0 Å². The maximum atomic E-state index is 12.3. The van der Waals surface area contributed by atoms with Crippen molar-refractivity contribution in [3.05, 3.63) is 78.9 Å². The Hall–Kier alpha value is -2.53. The van der Waals surface area contributed by atoms with Gasteiger partial charge in [-0.15, -0.1) is 0 Å². The van der Waals surface area contributed by atoms with E-state index in [1.807, 2.05) is 18.2 Å². The van der Waals surface area contributed by atoms with Crippen molar-refractivity contribution in [1.29, 1.82) is 5.26 Å². The smallest absolute Gasteiger partial charge is 0.270 e. The van der Waals surface area contributed by atoms with Gasteiger partial charge in [-0.25, -0.2) is 0 Å². The zero-order chi connectivity index (χ0) is 16.1. The highest BCUT2D eigenvalue weighted by Crippen LogP contribution is 2.18. The summed E-state index contributed by atoms with van der Waals surface area (Å²) in [6.07, 6.45) is 1.47. The Labute approximate surface area is 140 Å². The van der Waals surface area contributed by atoms with Crippen LogP contribution in [0.2, 0.25) is 0 Å². The number of non-ortho nitro benzene ring substituents is 1. The number of allylic oxidation sites excluding steroid dienone is 1. The van der Waals surface area contributed by atoms with Gasteiger partial charge >= 0.3 is 0 Å². The molecule has 0 aliphatic rings. The second-order valence-corrected chi connectivity index (χ2v) is 5.60. The highest BCUT2D eigenvalue weighted by Gasteiger charge is 2.15. The predicted octanol–water partition coefficient (Wildman–Crippen LogP) is 3.99. The van der Waals surface area contributed by atoms with Gasteiger partial charge < -0.3 is 0 Å². The zero-order valence-electron chi connectivity index (χ0n) is 11.2. The molecular formula is C16H9IN2O3. The van der Waals surface area contributed by atoms with E-state index in [-0.39, 0.29) is 16.8 Å². The van der Waals surface area contributed by atoms with Crippen LogP contribution in [0.15, 0.2) is 54.1 Å². The van der Waals surface area contributed by atoms with Gasteiger partial charge in [0, 0.05) is 21.3 Å². The van der Waals surface area contributed by atoms with Crippen LogP contribution in [0.25, 0.3) is 6.08 Å². The Kier molecular flexibility index (Phi) is 5.01. The van der Waals surface area contributed by atoms with E-state index in [0.29, 0.717) is 0 Å². The molecule has 2 aromatic carbocycles. The number of carbonyl (C=O) groups excluding carboxylic acids is 1. The van der Waals surface area contributed by atoms with Crippen LogP contribution in [0.1, 0.15) is 15.9 Å². The molecule has 0 aliphatic heterocycles. The van der Waals surface area contributed by atoms with E-state index in [9.17, 15) is 20.2 Å². The first-order valence-electron chi connectivity index (χ1n) is 6.18. The zero-order valence-corrected chi connectivity index (χ0v) is 13.4. The second kappa shape index (κ2) is 6.95. The molecule has 0 N–H and O–H groups in total. The molecule has 2 aromatic rings. The van der Waals surface area contributed by atoms with Gasteiger partial charge in [-0.2, -0.15) is 5.26 Å². The lowest BCUT2D eigenvalue weighted by molar-refractivity contribution is -0.384. The molecule has 0 atom stereocenters. The number of nitriles is 1. The van der Waals surface area contributed by atoms with E-state index in [0.717, 1.165) is 9.13 Å². The van der Waals surface area contributed by atoms with Crippen molar-refractivity contribution >= 4 is 40.1 Å². The summed E-state index contributed by atoms with van der Waals surface area (Å²) in [5.41, 5.74) is 0.586. The summed E-state index contributed by atoms with van der Waals surface area (Å²) in [5, 5.41) is 19.9. The van der Waals surface area contributed by atoms with Crippen LogP contribution in [0.3, 0.4) is 0 Å². The van der Waals surface area contributed by atoms with E-state index in [1.165, 1.54) is 30.3 Å². The molecule has 0 aromatic heterocycles. The van der Waals surface area contributed by atoms with Crippen molar-refractivity contribution in [2.24, 2.45) is 0 Å². The number of halogens is 1. The van der Waals surface area contributed by atoms with Crippen molar-refractivity contribution in [1.82, 2.24) is 0 Å². The largest absolute Gasteiger partial charge is 0.288 e. The average molecular weight is 404 g/mol. The number of rotatable bonds is 4. The molecule has 0 saturated carbocycles. The molecular weight excluding hydrogens is 395 g/mol. The van der Waals surface area contributed by atoms with Crippen LogP contribution >= 0.6 is 22.6 Å². The van der Waals surface area contributed by atoms with Gasteiger partial charge in [0.2, 0.25) is 5.78 Å². The van der Waals surface area contributed by atoms with Crippen molar-refractivity contribution in [3.63, 3.8) is 0 Å². The number of ketones is 1. The lowest BCUT2D eigenvalue weighted by Gasteiger charge is -2.00. The number of hydrogen-bond donors (Lipinski definition) is 0. The third-order valence-electron chi connectivity index (χ3n) is 2.87. The van der Waals surface area contributed by atoms with Gasteiger partial charge in [0.25, 0.3) is 5.69 Å². The molecule has 0 unspecified atom stereocenters. The summed E-state index contributed by atoms with van der Waals surface area (Å²) in [6.45, 7) is 0. The summed E-state index contributed by atoms with van der Waals surface area (Å²) >= 11 is 2.16. The number of nitro benzene ring substituents is 1. The van der Waals surface area contributed by atoms with E-state index in [1.54, 1.807) is 12.1 Å². The molecule has 5 nitrogen and oxygen atoms in total. The summed E-state index contributed by atoms with van der Waals surface area (Å²) in [5.74, 6) is -0.537.